The second-order valence-corrected chi connectivity index (χ2v) is 19.5. The molecule has 16 nitrogen and oxygen atoms in total. The molecule has 0 radical (unpaired) electrons. The van der Waals surface area contributed by atoms with E-state index < -0.39 is 29.7 Å². The molecule has 0 unspecified atom stereocenters. The van der Waals surface area contributed by atoms with E-state index in [9.17, 15) is 28.0 Å². The van der Waals surface area contributed by atoms with Gasteiger partial charge in [0.25, 0.3) is 18.2 Å². The number of pyridine rings is 1. The minimum absolute atomic E-state index is 0.00448. The van der Waals surface area contributed by atoms with E-state index in [0.29, 0.717) is 48.6 Å². The van der Waals surface area contributed by atoms with E-state index in [0.717, 1.165) is 99.9 Å². The molecule has 1 aliphatic heterocycles. The number of carbonyl (C=O) groups is 4. The number of amides is 4. The fourth-order valence-corrected chi connectivity index (χ4v) is 8.99. The fraction of sp³-hybridized carbons (Fsp3) is 0.571. The zero-order chi connectivity index (χ0) is 48.5. The largest absolute Gasteiger partial charge is 0.484 e. The highest BCUT2D eigenvalue weighted by atomic mass is 35.5. The van der Waals surface area contributed by atoms with Gasteiger partial charge in [0.2, 0.25) is 11.8 Å². The number of hydrogen-bond acceptors (Lipinski definition) is 11. The summed E-state index contributed by atoms with van der Waals surface area (Å²) in [6, 6.07) is 8.74. The molecule has 19 heteroatoms. The van der Waals surface area contributed by atoms with Crippen LogP contribution in [0.2, 0.25) is 0 Å². The van der Waals surface area contributed by atoms with E-state index in [1.165, 1.54) is 30.6 Å². The van der Waals surface area contributed by atoms with E-state index >= 15 is 0 Å². The molecule has 0 atom stereocenters. The van der Waals surface area contributed by atoms with Crippen LogP contribution in [0.5, 0.6) is 5.75 Å². The summed E-state index contributed by atoms with van der Waals surface area (Å²) in [5, 5.41) is 7.24. The molecule has 68 heavy (non-hydrogen) atoms. The summed E-state index contributed by atoms with van der Waals surface area (Å²) in [4.78, 5) is 67.0. The Morgan fingerprint density at radius 3 is 2.46 bits per heavy atom. The van der Waals surface area contributed by atoms with Crippen molar-refractivity contribution in [2.24, 2.45) is 11.8 Å². The van der Waals surface area contributed by atoms with Gasteiger partial charge in [0.1, 0.15) is 29.3 Å². The van der Waals surface area contributed by atoms with Gasteiger partial charge in [-0.15, -0.1) is 11.6 Å². The molecule has 7 rings (SSSR count). The number of aryl methyl sites for hydroxylation is 1. The number of nitrogens with zero attached hydrogens (tertiary/aromatic N) is 8. The van der Waals surface area contributed by atoms with Gasteiger partial charge < -0.3 is 33.9 Å². The fourth-order valence-electron chi connectivity index (χ4n) is 8.85. The topological polar surface area (TPSA) is 168 Å². The van der Waals surface area contributed by atoms with Crippen LogP contribution in [-0.4, -0.2) is 113 Å². The number of anilines is 3. The Balaban J connectivity index is 0.830. The summed E-state index contributed by atoms with van der Waals surface area (Å²) in [6.07, 6.45) is 10.7. The van der Waals surface area contributed by atoms with Gasteiger partial charge in [-0.1, -0.05) is 6.42 Å². The lowest BCUT2D eigenvalue weighted by atomic mass is 9.86. The van der Waals surface area contributed by atoms with Gasteiger partial charge in [0.15, 0.2) is 18.0 Å². The van der Waals surface area contributed by atoms with E-state index in [4.69, 9.17) is 25.5 Å². The lowest BCUT2D eigenvalue weighted by Gasteiger charge is -2.31. The monoisotopic (exact) mass is 963 g/mol. The lowest BCUT2D eigenvalue weighted by Crippen LogP contribution is -2.38. The number of fused-ring (bicyclic) bond motifs is 1. The molecule has 4 heterocycles. The number of rotatable bonds is 20. The summed E-state index contributed by atoms with van der Waals surface area (Å²) < 4.78 is 47.6. The standard InChI is InChI=1S/C49H64ClF2N9O7/c1-49(2,3)68-48(65)60(28-33-11-12-33)41-25-35(19-21-53-41)46-55-38(30-67-46)47(64)58(5)40-29-61(56-44(40)45(51)52)36-15-13-32(14-16-36)27-57(4)22-8-6-7-20-54-42(62)31-66-37-17-18-39-34(24-37)10-9-23-59(39)43(63)26-50/h17-19,21,24-25,29-30,32-33,36,45H,6-16,20,22-23,26-28,31H2,1-5H3,(H,54,62)/t32-,36-. The second kappa shape index (κ2) is 22.7. The maximum absolute atomic E-state index is 14.4. The molecular weight excluding hydrogens is 900 g/mol. The molecule has 4 aromatic rings. The number of oxazole rings is 1. The SMILES string of the molecule is CN(CCCCCNC(=O)COc1ccc2c(c1)CCCN2C(=O)CCl)C[C@H]1CC[C@H](n2cc(N(C)C(=O)c3coc(-c4ccnc(N(CC5CC5)C(=O)OC(C)(C)C)c4)n3)c(C(F)F)n2)CC1. The zero-order valence-corrected chi connectivity index (χ0v) is 40.5. The number of benzene rings is 1. The maximum Gasteiger partial charge on any atom is 0.416 e. The normalized spacial score (nSPS) is 17.2. The second-order valence-electron chi connectivity index (χ2n) is 19.2. The molecule has 368 valence electrons. The number of hydrogen-bond donors (Lipinski definition) is 1. The first kappa shape index (κ1) is 50.3. The van der Waals surface area contributed by atoms with Gasteiger partial charge in [-0.05, 0) is 146 Å². The molecule has 0 spiro atoms. The van der Waals surface area contributed by atoms with Crippen molar-refractivity contribution < 1.29 is 41.8 Å². The molecule has 4 amide bonds. The molecule has 2 aliphatic carbocycles. The number of ether oxygens (including phenoxy) is 2. The maximum atomic E-state index is 14.4. The Morgan fingerprint density at radius 2 is 1.74 bits per heavy atom. The van der Waals surface area contributed by atoms with Crippen LogP contribution < -0.4 is 24.8 Å². The Hall–Kier alpha value is -5.62. The van der Waals surface area contributed by atoms with Crippen LogP contribution in [0.15, 0.2) is 53.4 Å². The number of unbranched alkanes of at least 4 members (excludes halogenated alkanes) is 2. The highest BCUT2D eigenvalue weighted by Gasteiger charge is 2.33. The third kappa shape index (κ3) is 13.3. The lowest BCUT2D eigenvalue weighted by molar-refractivity contribution is -0.123. The minimum atomic E-state index is -2.90. The average molecular weight is 965 g/mol. The molecule has 2 fully saturated rings. The van der Waals surface area contributed by atoms with Gasteiger partial charge in [-0.2, -0.15) is 5.10 Å². The quantitative estimate of drug-likeness (QED) is 0.0664. The van der Waals surface area contributed by atoms with Crippen LogP contribution >= 0.6 is 11.6 Å². The summed E-state index contributed by atoms with van der Waals surface area (Å²) >= 11 is 5.78. The third-order valence-corrected chi connectivity index (χ3v) is 12.8. The molecule has 3 aliphatic rings. The Morgan fingerprint density at radius 1 is 0.985 bits per heavy atom. The third-order valence-electron chi connectivity index (χ3n) is 12.6. The predicted octanol–water partition coefficient (Wildman–Crippen LogP) is 8.85. The highest BCUT2D eigenvalue weighted by molar-refractivity contribution is 6.29. The van der Waals surface area contributed by atoms with E-state index in [-0.39, 0.29) is 47.6 Å². The number of nitrogens with one attached hydrogen (secondary N) is 1. The van der Waals surface area contributed by atoms with Crippen molar-refractivity contribution in [2.75, 3.05) is 74.0 Å². The van der Waals surface area contributed by atoms with Crippen LogP contribution in [0.1, 0.15) is 119 Å². The molecule has 0 bridgehead atoms. The van der Waals surface area contributed by atoms with Crippen molar-refractivity contribution in [3.8, 4) is 17.2 Å². The van der Waals surface area contributed by atoms with Gasteiger partial charge in [-0.25, -0.2) is 23.5 Å². The molecule has 0 saturated heterocycles. The van der Waals surface area contributed by atoms with Crippen molar-refractivity contribution in [2.45, 2.75) is 109 Å². The summed E-state index contributed by atoms with van der Waals surface area (Å²) in [7, 11) is 3.54. The van der Waals surface area contributed by atoms with E-state index in [1.54, 1.807) is 48.6 Å². The van der Waals surface area contributed by atoms with Crippen molar-refractivity contribution in [3.63, 3.8) is 0 Å². The van der Waals surface area contributed by atoms with Crippen LogP contribution in [0, 0.1) is 11.8 Å². The first-order chi connectivity index (χ1) is 32.6. The first-order valence-corrected chi connectivity index (χ1v) is 24.2. The predicted molar refractivity (Wildman–Crippen MR) is 255 cm³/mol. The van der Waals surface area contributed by atoms with E-state index in [2.05, 4.69) is 32.3 Å². The first-order valence-electron chi connectivity index (χ1n) is 23.7. The summed E-state index contributed by atoms with van der Waals surface area (Å²) in [5.41, 5.74) is 1.09. The van der Waals surface area contributed by atoms with Gasteiger partial charge in [-0.3, -0.25) is 24.0 Å². The summed E-state index contributed by atoms with van der Waals surface area (Å²) in [5.74, 6) is 0.870. The van der Waals surface area contributed by atoms with Crippen LogP contribution in [0.3, 0.4) is 0 Å². The van der Waals surface area contributed by atoms with Gasteiger partial charge >= 0.3 is 6.09 Å². The number of carbonyl (C=O) groups excluding carboxylic acids is 4. The Labute approximate surface area is 401 Å². The molecule has 2 saturated carbocycles. The number of alkyl halides is 3. The van der Waals surface area contributed by atoms with Crippen molar-refractivity contribution >= 4 is 52.6 Å². The smallest absolute Gasteiger partial charge is 0.416 e. The van der Waals surface area contributed by atoms with Crippen molar-refractivity contribution in [1.82, 2.24) is 30.0 Å². The molecular formula is C49H64ClF2N9O7. The van der Waals surface area contributed by atoms with Crippen LogP contribution in [0.25, 0.3) is 11.5 Å². The Bertz CT molecular complexity index is 2380. The molecule has 3 aromatic heterocycles. The van der Waals surface area contributed by atoms with Gasteiger partial charge in [0.05, 0.1) is 11.7 Å². The van der Waals surface area contributed by atoms with E-state index in [1.807, 2.05) is 12.1 Å². The zero-order valence-electron chi connectivity index (χ0n) is 39.7. The summed E-state index contributed by atoms with van der Waals surface area (Å²) in [6.45, 7) is 8.83. The van der Waals surface area contributed by atoms with Crippen molar-refractivity contribution in [3.05, 3.63) is 65.9 Å². The van der Waals surface area contributed by atoms with Crippen LogP contribution in [-0.2, 0) is 20.7 Å². The minimum Gasteiger partial charge on any atom is -0.484 e. The highest BCUT2D eigenvalue weighted by Crippen LogP contribution is 2.37. The molecule has 1 aromatic carbocycles. The van der Waals surface area contributed by atoms with Crippen molar-refractivity contribution in [1.29, 1.82) is 0 Å². The molecule has 1 N–H and O–H groups in total. The van der Waals surface area contributed by atoms with Crippen LogP contribution in [0.4, 0.5) is 30.8 Å². The Kier molecular flexibility index (Phi) is 16.7. The number of aromatic nitrogens is 4. The number of halogens is 3. The average Bonchev–Trinajstić information content (AvgIpc) is 3.80. The van der Waals surface area contributed by atoms with Gasteiger partial charge in [0, 0.05) is 56.9 Å².